The molecule has 0 fully saturated rings. The number of rotatable bonds is 3. The lowest BCUT2D eigenvalue weighted by molar-refractivity contribution is -0.404. The van der Waals surface area contributed by atoms with Crippen LogP contribution in [0.1, 0.15) is 0 Å². The molecule has 0 amide bonds. The van der Waals surface area contributed by atoms with Crippen LogP contribution in [0.5, 0.6) is 5.75 Å². The van der Waals surface area contributed by atoms with Crippen molar-refractivity contribution in [3.63, 3.8) is 0 Å². The molecule has 0 unspecified atom stereocenters. The van der Waals surface area contributed by atoms with E-state index in [4.69, 9.17) is 24.9 Å². The Hall–Kier alpha value is -3.84. The first-order chi connectivity index (χ1) is 9.98. The van der Waals surface area contributed by atoms with E-state index in [1.165, 1.54) is 0 Å². The molecule has 3 N–H and O–H groups in total. The van der Waals surface area contributed by atoms with Gasteiger partial charge in [-0.05, 0) is 0 Å². The van der Waals surface area contributed by atoms with Crippen molar-refractivity contribution >= 4 is 29.0 Å². The summed E-state index contributed by atoms with van der Waals surface area (Å²) in [5.74, 6) is -4.86. The number of phenolic OH excluding ortho intramolecular Hbond substituents is 1. The number of benzene rings is 1. The maximum absolute atomic E-state index is 10.4. The van der Waals surface area contributed by atoms with E-state index in [1.807, 2.05) is 0 Å². The van der Waals surface area contributed by atoms with Crippen LogP contribution in [-0.2, 0) is 9.59 Å². The van der Waals surface area contributed by atoms with E-state index in [2.05, 4.69) is 0 Å². The maximum atomic E-state index is 10.4. The molecule has 0 aliphatic carbocycles. The van der Waals surface area contributed by atoms with Crippen molar-refractivity contribution < 1.29 is 39.7 Å². The molecular formula is C8H5N3O11. The van der Waals surface area contributed by atoms with Crippen molar-refractivity contribution in [3.05, 3.63) is 42.5 Å². The van der Waals surface area contributed by atoms with Gasteiger partial charge < -0.3 is 15.3 Å². The molecule has 22 heavy (non-hydrogen) atoms. The lowest BCUT2D eigenvalue weighted by Crippen LogP contribution is -2.09. The van der Waals surface area contributed by atoms with Gasteiger partial charge in [-0.2, -0.15) is 0 Å². The molecule has 0 saturated carbocycles. The van der Waals surface area contributed by atoms with Crippen LogP contribution in [0.2, 0.25) is 0 Å². The summed E-state index contributed by atoms with van der Waals surface area (Å²) in [6.07, 6.45) is 0. The Balaban J connectivity index is 0.000000626. The van der Waals surface area contributed by atoms with Gasteiger partial charge in [0.25, 0.3) is 11.4 Å². The largest absolute Gasteiger partial charge is 0.497 e. The quantitative estimate of drug-likeness (QED) is 0.389. The Kier molecular flexibility index (Phi) is 5.84. The molecule has 0 aromatic heterocycles. The smallest absolute Gasteiger partial charge is 0.414 e. The average molecular weight is 319 g/mol. The summed E-state index contributed by atoms with van der Waals surface area (Å²) in [5, 5.41) is 55.0. The Labute approximate surface area is 118 Å². The molecule has 0 aliphatic heterocycles. The van der Waals surface area contributed by atoms with E-state index >= 15 is 0 Å². The number of nitro benzene ring substituents is 3. The van der Waals surface area contributed by atoms with Gasteiger partial charge >= 0.3 is 23.3 Å². The van der Waals surface area contributed by atoms with Gasteiger partial charge in [0.05, 0.1) is 26.9 Å². The van der Waals surface area contributed by atoms with Crippen LogP contribution in [-0.4, -0.2) is 42.0 Å². The van der Waals surface area contributed by atoms with Crippen LogP contribution in [0, 0.1) is 30.3 Å². The number of aliphatic carboxylic acids is 2. The van der Waals surface area contributed by atoms with Gasteiger partial charge in [0.1, 0.15) is 0 Å². The monoisotopic (exact) mass is 319 g/mol. The van der Waals surface area contributed by atoms with Gasteiger partial charge in [-0.25, -0.2) is 9.59 Å². The van der Waals surface area contributed by atoms with Gasteiger partial charge in [0.2, 0.25) is 0 Å². The summed E-state index contributed by atoms with van der Waals surface area (Å²) in [4.78, 5) is 46.0. The van der Waals surface area contributed by atoms with E-state index in [0.717, 1.165) is 0 Å². The van der Waals surface area contributed by atoms with Crippen molar-refractivity contribution in [1.29, 1.82) is 0 Å². The number of nitro groups is 3. The molecule has 0 saturated heterocycles. The van der Waals surface area contributed by atoms with E-state index in [1.54, 1.807) is 0 Å². The minimum absolute atomic E-state index is 0.447. The number of hydrogen-bond acceptors (Lipinski definition) is 9. The highest BCUT2D eigenvalue weighted by Gasteiger charge is 2.30. The fraction of sp³-hybridized carbons (Fsp3) is 0. The minimum atomic E-state index is -1.82. The van der Waals surface area contributed by atoms with Gasteiger partial charge in [-0.15, -0.1) is 0 Å². The average Bonchev–Trinajstić information content (AvgIpc) is 2.38. The fourth-order valence-electron chi connectivity index (χ4n) is 0.974. The Bertz CT molecular complexity index is 620. The second-order valence-corrected chi connectivity index (χ2v) is 3.21. The third kappa shape index (κ3) is 4.68. The molecule has 0 radical (unpaired) electrons. The number of hydrogen-bond donors (Lipinski definition) is 3. The fourth-order valence-corrected chi connectivity index (χ4v) is 0.974. The third-order valence-electron chi connectivity index (χ3n) is 1.84. The molecule has 0 spiro atoms. The van der Waals surface area contributed by atoms with Crippen molar-refractivity contribution in [1.82, 2.24) is 0 Å². The molecular weight excluding hydrogens is 314 g/mol. The Morgan fingerprint density at radius 3 is 1.32 bits per heavy atom. The van der Waals surface area contributed by atoms with E-state index in [-0.39, 0.29) is 0 Å². The standard InChI is InChI=1S/C6H3N3O7.C2H2O4/c10-6-4(8(13)14)1-3(7(11)12)2-5(6)9(15)16;3-1(4)2(5)6/h1-2,10H;(H,3,4)(H,5,6). The van der Waals surface area contributed by atoms with Crippen LogP contribution in [0.25, 0.3) is 0 Å². The van der Waals surface area contributed by atoms with Crippen LogP contribution in [0.15, 0.2) is 12.1 Å². The number of carboxylic acid groups (broad SMARTS) is 2. The minimum Gasteiger partial charge on any atom is -0.497 e. The highest BCUT2D eigenvalue weighted by Crippen LogP contribution is 2.38. The molecule has 1 rings (SSSR count). The second-order valence-electron chi connectivity index (χ2n) is 3.21. The Morgan fingerprint density at radius 2 is 1.14 bits per heavy atom. The van der Waals surface area contributed by atoms with Crippen LogP contribution in [0.4, 0.5) is 17.1 Å². The van der Waals surface area contributed by atoms with E-state index < -0.39 is 49.5 Å². The van der Waals surface area contributed by atoms with Crippen LogP contribution in [0.3, 0.4) is 0 Å². The number of aromatic hydroxyl groups is 1. The van der Waals surface area contributed by atoms with Gasteiger partial charge in [-0.1, -0.05) is 0 Å². The molecule has 0 bridgehead atoms. The predicted molar refractivity (Wildman–Crippen MR) is 63.3 cm³/mol. The first-order valence-corrected chi connectivity index (χ1v) is 4.75. The first kappa shape index (κ1) is 18.2. The Morgan fingerprint density at radius 1 is 0.818 bits per heavy atom. The van der Waals surface area contributed by atoms with Crippen molar-refractivity contribution in [2.75, 3.05) is 0 Å². The van der Waals surface area contributed by atoms with Crippen molar-refractivity contribution in [3.8, 4) is 5.75 Å². The molecule has 118 valence electrons. The summed E-state index contributed by atoms with van der Waals surface area (Å²) < 4.78 is 0. The summed E-state index contributed by atoms with van der Waals surface area (Å²) in [6.45, 7) is 0. The zero-order valence-electron chi connectivity index (χ0n) is 10.1. The summed E-state index contributed by atoms with van der Waals surface area (Å²) in [7, 11) is 0. The van der Waals surface area contributed by atoms with Crippen molar-refractivity contribution in [2.45, 2.75) is 0 Å². The van der Waals surface area contributed by atoms with E-state index in [9.17, 15) is 30.3 Å². The highest BCUT2D eigenvalue weighted by molar-refractivity contribution is 6.27. The van der Waals surface area contributed by atoms with Gasteiger partial charge in [0.15, 0.2) is 0 Å². The van der Waals surface area contributed by atoms with Crippen LogP contribution < -0.4 is 0 Å². The van der Waals surface area contributed by atoms with Crippen LogP contribution >= 0.6 is 0 Å². The van der Waals surface area contributed by atoms with E-state index in [0.29, 0.717) is 12.1 Å². The molecule has 1 aromatic carbocycles. The molecule has 0 atom stereocenters. The summed E-state index contributed by atoms with van der Waals surface area (Å²) >= 11 is 0. The first-order valence-electron chi connectivity index (χ1n) is 4.75. The predicted octanol–water partition coefficient (Wildman–Crippen LogP) is 0.272. The molecule has 0 aliphatic rings. The van der Waals surface area contributed by atoms with Gasteiger partial charge in [0, 0.05) is 0 Å². The number of phenols is 1. The summed E-state index contributed by atoms with van der Waals surface area (Å²) in [5.41, 5.74) is -3.00. The normalized spacial score (nSPS) is 9.09. The highest BCUT2D eigenvalue weighted by atomic mass is 16.6. The number of carbonyl (C=O) groups is 2. The second kappa shape index (κ2) is 7.08. The zero-order valence-corrected chi connectivity index (χ0v) is 10.1. The molecule has 1 aromatic rings. The van der Waals surface area contributed by atoms with Crippen molar-refractivity contribution in [2.24, 2.45) is 0 Å². The maximum Gasteiger partial charge on any atom is 0.414 e. The molecule has 0 heterocycles. The van der Waals surface area contributed by atoms with Gasteiger partial charge in [-0.3, -0.25) is 30.3 Å². The zero-order chi connectivity index (χ0) is 17.6. The third-order valence-corrected chi connectivity index (χ3v) is 1.84. The lowest BCUT2D eigenvalue weighted by atomic mass is 10.2. The lowest BCUT2D eigenvalue weighted by Gasteiger charge is -1.97. The molecule has 14 nitrogen and oxygen atoms in total. The topological polar surface area (TPSA) is 224 Å². The number of non-ortho nitro benzene ring substituents is 1. The summed E-state index contributed by atoms with van der Waals surface area (Å²) in [6, 6.07) is 0.894. The SMILES string of the molecule is O=C(O)C(=O)O.O=[N+]([O-])c1cc([N+](=O)[O-])c(O)c([N+](=O)[O-])c1. The number of carboxylic acids is 2. The number of nitrogens with zero attached hydrogens (tertiary/aromatic N) is 3. The molecule has 14 heteroatoms.